The lowest BCUT2D eigenvalue weighted by molar-refractivity contribution is -0.132. The van der Waals surface area contributed by atoms with E-state index in [1.165, 1.54) is 27.8 Å². The minimum Gasteiger partial charge on any atom is -0.497 e. The summed E-state index contributed by atoms with van der Waals surface area (Å²) in [4.78, 5) is 58.4. The number of ether oxygens (including phenoxy) is 2. The molecule has 0 aliphatic carbocycles. The molecule has 2 aromatic heterocycles. The number of rotatable bonds is 9. The number of carbonyl (C=O) groups is 4. The number of amides is 3. The minimum absolute atomic E-state index is 0.0880. The zero-order chi connectivity index (χ0) is 33.2. The van der Waals surface area contributed by atoms with E-state index in [2.05, 4.69) is 12.0 Å². The second kappa shape index (κ2) is 13.4. The number of carbonyl (C=O) groups excluding carboxylic acids is 4. The van der Waals surface area contributed by atoms with Crippen LogP contribution in [0, 0.1) is 0 Å². The van der Waals surface area contributed by atoms with Crippen molar-refractivity contribution in [1.82, 2.24) is 14.7 Å². The fourth-order valence-corrected chi connectivity index (χ4v) is 6.92. The average molecular weight is 656 g/mol. The van der Waals surface area contributed by atoms with Gasteiger partial charge in [0.05, 0.1) is 12.8 Å². The van der Waals surface area contributed by atoms with Crippen LogP contribution in [0.1, 0.15) is 70.1 Å². The van der Waals surface area contributed by atoms with Crippen molar-refractivity contribution in [3.05, 3.63) is 82.0 Å². The van der Waals surface area contributed by atoms with Gasteiger partial charge in [0.15, 0.2) is 10.8 Å². The maximum absolute atomic E-state index is 14.1. The third-order valence-corrected chi connectivity index (χ3v) is 9.80. The van der Waals surface area contributed by atoms with E-state index in [-0.39, 0.29) is 29.1 Å². The summed E-state index contributed by atoms with van der Waals surface area (Å²) < 4.78 is 12.7. The monoisotopic (exact) mass is 655 g/mol. The third-order valence-electron chi connectivity index (χ3n) is 8.68. The zero-order valence-corrected chi connectivity index (χ0v) is 27.8. The largest absolute Gasteiger partial charge is 0.497 e. The Kier molecular flexibility index (Phi) is 9.12. The highest BCUT2D eigenvalue weighted by Gasteiger charge is 2.36. The molecule has 12 heteroatoms. The molecule has 6 rings (SSSR count). The first kappa shape index (κ1) is 32.0. The van der Waals surface area contributed by atoms with E-state index >= 15 is 0 Å². The molecule has 0 atom stereocenters. The Hall–Kier alpha value is -4.97. The predicted octanol–water partition coefficient (Wildman–Crippen LogP) is 5.42. The van der Waals surface area contributed by atoms with Crippen LogP contribution in [0.5, 0.6) is 10.8 Å². The van der Waals surface area contributed by atoms with Gasteiger partial charge >= 0.3 is 5.97 Å². The van der Waals surface area contributed by atoms with Crippen LogP contribution in [-0.4, -0.2) is 65.6 Å². The number of unbranched alkanes of at least 4 members (excludes halogenated alkanes) is 1. The van der Waals surface area contributed by atoms with Crippen molar-refractivity contribution in [2.24, 2.45) is 0 Å². The van der Waals surface area contributed by atoms with Gasteiger partial charge in [-0.2, -0.15) is 5.10 Å². The lowest BCUT2D eigenvalue weighted by Gasteiger charge is -2.28. The summed E-state index contributed by atoms with van der Waals surface area (Å²) in [5.41, 5.74) is 3.86. The van der Waals surface area contributed by atoms with E-state index in [9.17, 15) is 19.2 Å². The summed E-state index contributed by atoms with van der Waals surface area (Å²) in [6.07, 6.45) is 3.48. The highest BCUT2D eigenvalue weighted by Crippen LogP contribution is 2.35. The Morgan fingerprint density at radius 1 is 1.00 bits per heavy atom. The number of nitrogens with zero attached hydrogens (tertiary/aromatic N) is 5. The molecule has 2 aliphatic heterocycles. The van der Waals surface area contributed by atoms with E-state index in [0.29, 0.717) is 72.3 Å². The third kappa shape index (κ3) is 6.37. The molecule has 11 nitrogen and oxygen atoms in total. The molecule has 0 spiro atoms. The molecule has 4 aromatic rings. The highest BCUT2D eigenvalue weighted by molar-refractivity contribution is 7.14. The molecule has 244 valence electrons. The smallest absolute Gasteiger partial charge is 0.365 e. The summed E-state index contributed by atoms with van der Waals surface area (Å²) >= 11 is 1.41. The van der Waals surface area contributed by atoms with Gasteiger partial charge in [-0.25, -0.2) is 9.48 Å². The minimum atomic E-state index is -0.638. The fraction of sp³-hybridized carbons (Fsp3) is 0.343. The van der Waals surface area contributed by atoms with Crippen molar-refractivity contribution >= 4 is 46.4 Å². The van der Waals surface area contributed by atoms with E-state index in [0.717, 1.165) is 23.3 Å². The second-order valence-corrected chi connectivity index (χ2v) is 12.8. The van der Waals surface area contributed by atoms with Crippen molar-refractivity contribution in [2.45, 2.75) is 52.5 Å². The van der Waals surface area contributed by atoms with Crippen molar-refractivity contribution in [2.75, 3.05) is 37.0 Å². The lowest BCUT2D eigenvalue weighted by Crippen LogP contribution is -2.39. The molecule has 0 N–H and O–H groups in total. The van der Waals surface area contributed by atoms with Crippen LogP contribution >= 0.6 is 11.3 Å². The Morgan fingerprint density at radius 3 is 2.40 bits per heavy atom. The molecule has 0 unspecified atom stereocenters. The first-order chi connectivity index (χ1) is 22.7. The molecule has 0 saturated carbocycles. The highest BCUT2D eigenvalue weighted by atomic mass is 32.1. The Bertz CT molecular complexity index is 1830. The van der Waals surface area contributed by atoms with Gasteiger partial charge in [-0.3, -0.25) is 14.4 Å². The number of hydrogen-bond acceptors (Lipinski definition) is 8. The summed E-state index contributed by atoms with van der Waals surface area (Å²) in [7, 11) is 3.27. The lowest BCUT2D eigenvalue weighted by atomic mass is 10.0. The Labute approximate surface area is 277 Å². The number of hydrogen-bond donors (Lipinski definition) is 0. The van der Waals surface area contributed by atoms with Gasteiger partial charge < -0.3 is 24.2 Å². The first-order valence-electron chi connectivity index (χ1n) is 15.7. The normalized spacial score (nSPS) is 14.0. The SMILES string of the molecule is CCCCC(=O)N1CCc2sc(OC(=O)c3nn(-c4ccc(OC)cc4)c4c3CCN(c3ccc(N(C)C(C)=O)cc3)C4=O)cc2C1. The maximum atomic E-state index is 14.1. The van der Waals surface area contributed by atoms with Crippen molar-refractivity contribution in [3.8, 4) is 16.5 Å². The molecule has 0 bridgehead atoms. The van der Waals surface area contributed by atoms with Gasteiger partial charge in [-0.05, 0) is 79.4 Å². The van der Waals surface area contributed by atoms with Crippen molar-refractivity contribution in [1.29, 1.82) is 0 Å². The number of fused-ring (bicyclic) bond motifs is 2. The van der Waals surface area contributed by atoms with Crippen LogP contribution in [0.3, 0.4) is 0 Å². The standard InChI is InChI=1S/C35H37N5O6S/c1-5-6-7-30(42)38-18-17-29-23(21-38)20-31(47-29)46-35(44)32-28-16-19-39(25-10-8-24(9-11-25)37(3)22(2)41)34(43)33(28)40(36-32)26-12-14-27(45-4)15-13-26/h8-15,20H,5-7,16-19,21H2,1-4H3. The maximum Gasteiger partial charge on any atom is 0.365 e. The summed E-state index contributed by atoms with van der Waals surface area (Å²) in [6.45, 7) is 5.05. The van der Waals surface area contributed by atoms with Crippen molar-refractivity contribution in [3.63, 3.8) is 0 Å². The van der Waals surface area contributed by atoms with Gasteiger partial charge in [-0.1, -0.05) is 13.3 Å². The van der Waals surface area contributed by atoms with Crippen LogP contribution in [0.15, 0.2) is 54.6 Å². The number of esters is 1. The molecule has 0 fully saturated rings. The molecule has 2 aromatic carbocycles. The molecule has 0 radical (unpaired) electrons. The van der Waals surface area contributed by atoms with E-state index in [1.54, 1.807) is 67.6 Å². The van der Waals surface area contributed by atoms with E-state index in [4.69, 9.17) is 9.47 Å². The molecular weight excluding hydrogens is 618 g/mol. The number of aromatic nitrogens is 2. The molecule has 2 aliphatic rings. The second-order valence-electron chi connectivity index (χ2n) is 11.7. The van der Waals surface area contributed by atoms with Gasteiger partial charge in [0.1, 0.15) is 11.4 Å². The molecule has 0 saturated heterocycles. The van der Waals surface area contributed by atoms with Crippen LogP contribution < -0.4 is 19.3 Å². The first-order valence-corrected chi connectivity index (χ1v) is 16.5. The molecule has 3 amide bonds. The van der Waals surface area contributed by atoms with Gasteiger partial charge in [0.25, 0.3) is 5.91 Å². The predicted molar refractivity (Wildman–Crippen MR) is 179 cm³/mol. The van der Waals surface area contributed by atoms with Gasteiger partial charge in [0.2, 0.25) is 11.8 Å². The van der Waals surface area contributed by atoms with Gasteiger partial charge in [0, 0.05) is 61.8 Å². The molecule has 4 heterocycles. The number of anilines is 2. The average Bonchev–Trinajstić information content (AvgIpc) is 3.68. The summed E-state index contributed by atoms with van der Waals surface area (Å²) in [6, 6.07) is 16.1. The Morgan fingerprint density at radius 2 is 1.72 bits per heavy atom. The van der Waals surface area contributed by atoms with Crippen LogP contribution in [0.2, 0.25) is 0 Å². The van der Waals surface area contributed by atoms with E-state index in [1.807, 2.05) is 11.0 Å². The topological polar surface area (TPSA) is 114 Å². The van der Waals surface area contributed by atoms with Crippen LogP contribution in [0.25, 0.3) is 5.69 Å². The van der Waals surface area contributed by atoms with Crippen molar-refractivity contribution < 1.29 is 28.7 Å². The zero-order valence-electron chi connectivity index (χ0n) is 26.9. The summed E-state index contributed by atoms with van der Waals surface area (Å²) in [5, 5.41) is 5.10. The quantitative estimate of drug-likeness (QED) is 0.221. The fourth-order valence-electron chi connectivity index (χ4n) is 5.91. The number of benzene rings is 2. The summed E-state index contributed by atoms with van der Waals surface area (Å²) in [5.74, 6) is -0.246. The number of methoxy groups -OCH3 is 1. The molecule has 47 heavy (non-hydrogen) atoms. The Balaban J connectivity index is 1.29. The van der Waals surface area contributed by atoms with Crippen LogP contribution in [-0.2, 0) is 29.0 Å². The molecular formula is C35H37N5O6S. The number of thiophene rings is 1. The van der Waals surface area contributed by atoms with E-state index < -0.39 is 5.97 Å². The van der Waals surface area contributed by atoms with Gasteiger partial charge in [-0.15, -0.1) is 11.3 Å². The van der Waals surface area contributed by atoms with Crippen LogP contribution in [0.4, 0.5) is 11.4 Å².